The summed E-state index contributed by atoms with van der Waals surface area (Å²) in [6.07, 6.45) is 3.82. The van der Waals surface area contributed by atoms with Crippen molar-refractivity contribution in [2.45, 2.75) is 31.8 Å². The smallest absolute Gasteiger partial charge is 0.147 e. The third-order valence-corrected chi connectivity index (χ3v) is 4.25. The van der Waals surface area contributed by atoms with Gasteiger partial charge in [-0.2, -0.15) is 0 Å². The predicted octanol–water partition coefficient (Wildman–Crippen LogP) is 1.45. The van der Waals surface area contributed by atoms with Crippen LogP contribution in [0.5, 0.6) is 0 Å². The largest absolute Gasteiger partial charge is 0.355 e. The molecule has 3 rings (SSSR count). The van der Waals surface area contributed by atoms with Gasteiger partial charge in [0.25, 0.3) is 0 Å². The summed E-state index contributed by atoms with van der Waals surface area (Å²) in [5, 5.41) is 0. The predicted molar refractivity (Wildman–Crippen MR) is 75.2 cm³/mol. The van der Waals surface area contributed by atoms with Gasteiger partial charge in [-0.1, -0.05) is 0 Å². The van der Waals surface area contributed by atoms with Gasteiger partial charge in [-0.05, 0) is 35.7 Å². The molecule has 2 aliphatic heterocycles. The van der Waals surface area contributed by atoms with Crippen LogP contribution in [0.15, 0.2) is 11.2 Å². The number of fused-ring (bicyclic) bond motifs is 1. The Morgan fingerprint density at radius 3 is 2.83 bits per heavy atom. The Morgan fingerprint density at radius 2 is 2.11 bits per heavy atom. The minimum atomic E-state index is -0.0349. The zero-order valence-corrected chi connectivity index (χ0v) is 11.9. The lowest BCUT2D eigenvalue weighted by Gasteiger charge is -2.37. The highest BCUT2D eigenvalue weighted by molar-refractivity contribution is 9.18. The molecule has 0 amide bonds. The van der Waals surface area contributed by atoms with E-state index in [0.717, 1.165) is 47.8 Å². The van der Waals surface area contributed by atoms with Crippen LogP contribution in [-0.4, -0.2) is 33.2 Å². The number of rotatable bonds is 1. The van der Waals surface area contributed by atoms with E-state index in [2.05, 4.69) is 42.7 Å². The number of aromatic nitrogens is 2. The SMILES string of the molecule is CC1(N)CCN(c2cnc3c(n2)CN=C3Br)CC1. The second kappa shape index (κ2) is 4.28. The number of piperidine rings is 1. The third-order valence-electron chi connectivity index (χ3n) is 3.62. The molecular weight excluding hydrogens is 294 g/mol. The topological polar surface area (TPSA) is 67.4 Å². The van der Waals surface area contributed by atoms with Crippen LogP contribution in [0.25, 0.3) is 0 Å². The number of anilines is 1. The average Bonchev–Trinajstić information content (AvgIpc) is 2.71. The van der Waals surface area contributed by atoms with Crippen LogP contribution in [0.3, 0.4) is 0 Å². The monoisotopic (exact) mass is 309 g/mol. The lowest BCUT2D eigenvalue weighted by atomic mass is 9.91. The first-order valence-corrected chi connectivity index (χ1v) is 6.94. The van der Waals surface area contributed by atoms with Crippen LogP contribution in [0, 0.1) is 0 Å². The number of halogens is 1. The van der Waals surface area contributed by atoms with Crippen molar-refractivity contribution in [3.63, 3.8) is 0 Å². The fourth-order valence-corrected chi connectivity index (χ4v) is 2.77. The van der Waals surface area contributed by atoms with Gasteiger partial charge >= 0.3 is 0 Å². The fourth-order valence-electron chi connectivity index (χ4n) is 2.32. The van der Waals surface area contributed by atoms with Gasteiger partial charge in [-0.25, -0.2) is 9.97 Å². The number of nitrogens with two attached hydrogens (primary N) is 1. The van der Waals surface area contributed by atoms with Crippen molar-refractivity contribution >= 4 is 26.4 Å². The molecule has 1 aromatic rings. The van der Waals surface area contributed by atoms with Crippen molar-refractivity contribution in [1.82, 2.24) is 9.97 Å². The summed E-state index contributed by atoms with van der Waals surface area (Å²) in [6, 6.07) is 0. The van der Waals surface area contributed by atoms with Crippen LogP contribution < -0.4 is 10.6 Å². The van der Waals surface area contributed by atoms with E-state index >= 15 is 0 Å². The molecule has 1 saturated heterocycles. The van der Waals surface area contributed by atoms with Crippen LogP contribution in [0.2, 0.25) is 0 Å². The molecule has 0 bridgehead atoms. The maximum atomic E-state index is 6.14. The van der Waals surface area contributed by atoms with E-state index in [-0.39, 0.29) is 5.54 Å². The normalized spacial score (nSPS) is 21.7. The van der Waals surface area contributed by atoms with E-state index in [4.69, 9.17) is 5.73 Å². The van der Waals surface area contributed by atoms with Gasteiger partial charge in [0, 0.05) is 18.6 Å². The number of aliphatic imine (C=N–C) groups is 1. The summed E-state index contributed by atoms with van der Waals surface area (Å²) in [7, 11) is 0. The quantitative estimate of drug-likeness (QED) is 0.852. The molecule has 0 atom stereocenters. The van der Waals surface area contributed by atoms with E-state index in [1.807, 2.05) is 6.20 Å². The summed E-state index contributed by atoms with van der Waals surface area (Å²) in [4.78, 5) is 15.6. The maximum absolute atomic E-state index is 6.14. The highest BCUT2D eigenvalue weighted by Gasteiger charge is 2.27. The number of hydrogen-bond acceptors (Lipinski definition) is 5. The van der Waals surface area contributed by atoms with Gasteiger partial charge in [-0.3, -0.25) is 4.99 Å². The van der Waals surface area contributed by atoms with Crippen LogP contribution in [-0.2, 0) is 6.54 Å². The average molecular weight is 310 g/mol. The molecule has 0 aliphatic carbocycles. The zero-order valence-electron chi connectivity index (χ0n) is 10.4. The molecule has 3 heterocycles. The molecule has 0 unspecified atom stereocenters. The third kappa shape index (κ3) is 2.14. The second-order valence-electron chi connectivity index (χ2n) is 5.27. The molecule has 2 aliphatic rings. The molecule has 0 spiro atoms. The summed E-state index contributed by atoms with van der Waals surface area (Å²) in [5.41, 5.74) is 7.94. The van der Waals surface area contributed by atoms with Gasteiger partial charge in [-0.15, -0.1) is 0 Å². The van der Waals surface area contributed by atoms with E-state index in [0.29, 0.717) is 6.54 Å². The van der Waals surface area contributed by atoms with Gasteiger partial charge < -0.3 is 10.6 Å². The van der Waals surface area contributed by atoms with Crippen molar-refractivity contribution in [1.29, 1.82) is 0 Å². The lowest BCUT2D eigenvalue weighted by Crippen LogP contribution is -2.48. The Balaban J connectivity index is 1.79. The molecule has 2 N–H and O–H groups in total. The second-order valence-corrected chi connectivity index (χ2v) is 6.02. The summed E-state index contributed by atoms with van der Waals surface area (Å²) in [6.45, 7) is 4.63. The molecule has 6 heteroatoms. The van der Waals surface area contributed by atoms with Crippen molar-refractivity contribution in [2.75, 3.05) is 18.0 Å². The minimum absolute atomic E-state index is 0.0349. The van der Waals surface area contributed by atoms with Crippen molar-refractivity contribution < 1.29 is 0 Å². The van der Waals surface area contributed by atoms with Gasteiger partial charge in [0.1, 0.15) is 16.1 Å². The molecule has 1 aromatic heterocycles. The Hall–Kier alpha value is -1.01. The first-order valence-electron chi connectivity index (χ1n) is 6.15. The Bertz CT molecular complexity index is 501. The summed E-state index contributed by atoms with van der Waals surface area (Å²) in [5.74, 6) is 0.946. The van der Waals surface area contributed by atoms with Crippen LogP contribution in [0.4, 0.5) is 5.82 Å². The molecule has 0 saturated carbocycles. The Labute approximate surface area is 115 Å². The van der Waals surface area contributed by atoms with E-state index in [1.165, 1.54) is 0 Å². The Morgan fingerprint density at radius 1 is 1.39 bits per heavy atom. The number of nitrogens with zero attached hydrogens (tertiary/aromatic N) is 4. The summed E-state index contributed by atoms with van der Waals surface area (Å²) < 4.78 is 0.810. The lowest BCUT2D eigenvalue weighted by molar-refractivity contribution is 0.363. The zero-order chi connectivity index (χ0) is 12.8. The Kier molecular flexibility index (Phi) is 2.86. The first-order chi connectivity index (χ1) is 8.55. The molecule has 96 valence electrons. The standard InChI is InChI=1S/C12H16BrN5/c1-12(14)2-4-18(5-3-12)9-7-15-10-8(17-9)6-16-11(10)13/h7H,2-6,14H2,1H3. The highest BCUT2D eigenvalue weighted by Crippen LogP contribution is 2.25. The number of hydrogen-bond donors (Lipinski definition) is 1. The van der Waals surface area contributed by atoms with Crippen molar-refractivity contribution in [2.24, 2.45) is 10.7 Å². The van der Waals surface area contributed by atoms with Crippen LogP contribution >= 0.6 is 15.9 Å². The molecule has 0 aromatic carbocycles. The van der Waals surface area contributed by atoms with E-state index in [9.17, 15) is 0 Å². The van der Waals surface area contributed by atoms with Gasteiger partial charge in [0.15, 0.2) is 0 Å². The molecule has 5 nitrogen and oxygen atoms in total. The summed E-state index contributed by atoms with van der Waals surface area (Å²) >= 11 is 3.39. The molecule has 0 radical (unpaired) electrons. The maximum Gasteiger partial charge on any atom is 0.147 e. The van der Waals surface area contributed by atoms with E-state index in [1.54, 1.807) is 0 Å². The minimum Gasteiger partial charge on any atom is -0.355 e. The van der Waals surface area contributed by atoms with Crippen molar-refractivity contribution in [3.8, 4) is 0 Å². The molecule has 1 fully saturated rings. The van der Waals surface area contributed by atoms with Crippen LogP contribution in [0.1, 0.15) is 31.2 Å². The van der Waals surface area contributed by atoms with Gasteiger partial charge in [0.2, 0.25) is 0 Å². The fraction of sp³-hybridized carbons (Fsp3) is 0.583. The van der Waals surface area contributed by atoms with Crippen molar-refractivity contribution in [3.05, 3.63) is 17.6 Å². The first kappa shape index (κ1) is 12.0. The highest BCUT2D eigenvalue weighted by atomic mass is 79.9. The molecule has 18 heavy (non-hydrogen) atoms. The van der Waals surface area contributed by atoms with Gasteiger partial charge in [0.05, 0.1) is 18.4 Å². The molecular formula is C12H16BrN5. The van der Waals surface area contributed by atoms with E-state index < -0.39 is 0 Å².